The predicted molar refractivity (Wildman–Crippen MR) is 132 cm³/mol. The number of benzene rings is 3. The van der Waals surface area contributed by atoms with Crippen molar-refractivity contribution in [1.82, 2.24) is 4.90 Å². The van der Waals surface area contributed by atoms with Gasteiger partial charge >= 0.3 is 12.1 Å². The molecule has 178 valence electrons. The van der Waals surface area contributed by atoms with Gasteiger partial charge in [-0.05, 0) is 40.5 Å². The van der Waals surface area contributed by atoms with Crippen LogP contribution in [0.5, 0.6) is 0 Å². The van der Waals surface area contributed by atoms with Crippen molar-refractivity contribution in [3.63, 3.8) is 0 Å². The van der Waals surface area contributed by atoms with Crippen LogP contribution in [0.25, 0.3) is 11.1 Å². The van der Waals surface area contributed by atoms with E-state index in [0.717, 1.165) is 22.3 Å². The molecule has 35 heavy (non-hydrogen) atoms. The van der Waals surface area contributed by atoms with Crippen molar-refractivity contribution in [2.45, 2.75) is 12.3 Å². The molecule has 1 aliphatic heterocycles. The van der Waals surface area contributed by atoms with E-state index in [1.54, 1.807) is 17.0 Å². The Bertz CT molecular complexity index is 1270. The first kappa shape index (κ1) is 22.9. The topological polar surface area (TPSA) is 95.9 Å². The van der Waals surface area contributed by atoms with Crippen LogP contribution in [0.15, 0.2) is 66.7 Å². The minimum atomic E-state index is -0.867. The number of halogens is 1. The van der Waals surface area contributed by atoms with E-state index < -0.39 is 12.1 Å². The fourth-order valence-electron chi connectivity index (χ4n) is 4.79. The molecule has 0 bridgehead atoms. The first-order chi connectivity index (χ1) is 16.9. The normalized spacial score (nSPS) is 14.6. The summed E-state index contributed by atoms with van der Waals surface area (Å²) in [4.78, 5) is 37.5. The average molecular weight is 491 g/mol. The zero-order valence-corrected chi connectivity index (χ0v) is 19.5. The molecule has 0 atom stereocenters. The van der Waals surface area contributed by atoms with Gasteiger partial charge in [0.1, 0.15) is 6.61 Å². The van der Waals surface area contributed by atoms with Crippen LogP contribution in [0.3, 0.4) is 0 Å². The number of hydrogen-bond donors (Lipinski definition) is 2. The van der Waals surface area contributed by atoms with Crippen molar-refractivity contribution in [3.8, 4) is 11.1 Å². The van der Waals surface area contributed by atoms with Crippen LogP contribution in [-0.4, -0.2) is 47.7 Å². The van der Waals surface area contributed by atoms with E-state index in [2.05, 4.69) is 29.6 Å². The van der Waals surface area contributed by atoms with E-state index in [1.807, 2.05) is 24.3 Å². The quantitative estimate of drug-likeness (QED) is 0.492. The summed E-state index contributed by atoms with van der Waals surface area (Å²) < 4.78 is 5.55. The number of anilines is 1. The van der Waals surface area contributed by atoms with Crippen LogP contribution in [0.4, 0.5) is 10.5 Å². The monoisotopic (exact) mass is 490 g/mol. The summed E-state index contributed by atoms with van der Waals surface area (Å²) in [5, 5.41) is 11.7. The Hall–Kier alpha value is -3.84. The van der Waals surface area contributed by atoms with Gasteiger partial charge in [-0.15, -0.1) is 0 Å². The highest BCUT2D eigenvalue weighted by molar-refractivity contribution is 6.34. The molecular weight excluding hydrogens is 468 g/mol. The number of ether oxygens (including phenoxy) is 1. The summed E-state index contributed by atoms with van der Waals surface area (Å²) in [6, 6.07) is 20.8. The molecule has 0 saturated carbocycles. The third kappa shape index (κ3) is 4.59. The molecule has 7 nitrogen and oxygen atoms in total. The second-order valence-electron chi connectivity index (χ2n) is 8.82. The van der Waals surface area contributed by atoms with Gasteiger partial charge in [-0.1, -0.05) is 60.1 Å². The number of aliphatic carboxylic acids is 1. The van der Waals surface area contributed by atoms with Gasteiger partial charge in [0.05, 0.1) is 17.1 Å². The van der Waals surface area contributed by atoms with Crippen molar-refractivity contribution in [1.29, 1.82) is 0 Å². The standard InChI is InChI=1S/C27H23ClN2O5/c28-23-12-17(26(33)30-13-16(14-30)11-25(31)32)9-10-24(23)29-27(34)35-15-22-20-7-3-1-5-18(20)19-6-2-4-8-21(19)22/h1-10,12,16,22H,11,13-15H2,(H,29,34)(H,31,32). The Kier molecular flexibility index (Phi) is 6.17. The van der Waals surface area contributed by atoms with Gasteiger partial charge in [-0.2, -0.15) is 0 Å². The smallest absolute Gasteiger partial charge is 0.411 e. The maximum absolute atomic E-state index is 12.6. The summed E-state index contributed by atoms with van der Waals surface area (Å²) in [6.45, 7) is 0.992. The molecule has 3 aromatic rings. The number of rotatable bonds is 6. The number of carboxylic acids is 1. The summed E-state index contributed by atoms with van der Waals surface area (Å²) in [7, 11) is 0. The molecule has 8 heteroatoms. The van der Waals surface area contributed by atoms with Gasteiger partial charge in [-0.25, -0.2) is 4.79 Å². The lowest BCUT2D eigenvalue weighted by atomic mass is 9.95. The molecule has 2 N–H and O–H groups in total. The number of carbonyl (C=O) groups excluding carboxylic acids is 2. The number of hydrogen-bond acceptors (Lipinski definition) is 4. The number of likely N-dealkylation sites (tertiary alicyclic amines) is 1. The lowest BCUT2D eigenvalue weighted by Crippen LogP contribution is -2.50. The molecule has 1 heterocycles. The molecule has 2 amide bonds. The van der Waals surface area contributed by atoms with Gasteiger partial charge in [-0.3, -0.25) is 14.9 Å². The van der Waals surface area contributed by atoms with Gasteiger partial charge in [0.15, 0.2) is 0 Å². The Morgan fingerprint density at radius 3 is 2.20 bits per heavy atom. The molecule has 1 fully saturated rings. The molecule has 0 radical (unpaired) electrons. The van der Waals surface area contributed by atoms with Crippen LogP contribution in [0, 0.1) is 5.92 Å². The lowest BCUT2D eigenvalue weighted by Gasteiger charge is -2.38. The van der Waals surface area contributed by atoms with Crippen LogP contribution in [0.2, 0.25) is 5.02 Å². The van der Waals surface area contributed by atoms with Crippen LogP contribution in [-0.2, 0) is 9.53 Å². The molecule has 2 aliphatic rings. The summed E-state index contributed by atoms with van der Waals surface area (Å²) in [5.41, 5.74) is 5.27. The molecule has 0 spiro atoms. The molecule has 0 aromatic heterocycles. The minimum absolute atomic E-state index is 0.0265. The highest BCUT2D eigenvalue weighted by Gasteiger charge is 2.33. The van der Waals surface area contributed by atoms with Crippen molar-refractivity contribution in [2.24, 2.45) is 5.92 Å². The van der Waals surface area contributed by atoms with Gasteiger partial charge in [0.25, 0.3) is 5.91 Å². The van der Waals surface area contributed by atoms with E-state index in [-0.39, 0.29) is 35.8 Å². The third-order valence-electron chi connectivity index (χ3n) is 6.50. The Labute approximate surface area is 207 Å². The lowest BCUT2D eigenvalue weighted by molar-refractivity contribution is -0.139. The fourth-order valence-corrected chi connectivity index (χ4v) is 5.02. The van der Waals surface area contributed by atoms with Gasteiger partial charge in [0, 0.05) is 30.5 Å². The first-order valence-electron chi connectivity index (χ1n) is 11.3. The fraction of sp³-hybridized carbons (Fsp3) is 0.222. The Balaban J connectivity index is 1.20. The number of carboxylic acid groups (broad SMARTS) is 1. The number of nitrogens with zero attached hydrogens (tertiary/aromatic N) is 1. The second kappa shape index (κ2) is 9.43. The van der Waals surface area contributed by atoms with Crippen molar-refractivity contribution >= 4 is 35.3 Å². The molecule has 0 unspecified atom stereocenters. The molecular formula is C27H23ClN2O5. The van der Waals surface area contributed by atoms with Crippen molar-refractivity contribution < 1.29 is 24.2 Å². The third-order valence-corrected chi connectivity index (χ3v) is 6.82. The van der Waals surface area contributed by atoms with Crippen LogP contribution >= 0.6 is 11.6 Å². The molecule has 3 aromatic carbocycles. The maximum atomic E-state index is 12.6. The first-order valence-corrected chi connectivity index (χ1v) is 11.7. The molecule has 1 aliphatic carbocycles. The largest absolute Gasteiger partial charge is 0.481 e. The van der Waals surface area contributed by atoms with Crippen molar-refractivity contribution in [2.75, 3.05) is 25.0 Å². The predicted octanol–water partition coefficient (Wildman–Crippen LogP) is 5.25. The number of carbonyl (C=O) groups is 3. The van der Waals surface area contributed by atoms with E-state index in [0.29, 0.717) is 24.3 Å². The van der Waals surface area contributed by atoms with E-state index >= 15 is 0 Å². The highest BCUT2D eigenvalue weighted by Crippen LogP contribution is 2.44. The summed E-state index contributed by atoms with van der Waals surface area (Å²) in [6.07, 6.45) is -0.583. The number of nitrogens with one attached hydrogen (secondary N) is 1. The van der Waals surface area contributed by atoms with E-state index in [4.69, 9.17) is 21.4 Å². The average Bonchev–Trinajstić information content (AvgIpc) is 3.14. The van der Waals surface area contributed by atoms with Crippen molar-refractivity contribution in [3.05, 3.63) is 88.4 Å². The SMILES string of the molecule is O=C(O)CC1CN(C(=O)c2ccc(NC(=O)OCC3c4ccccc4-c4ccccc43)c(Cl)c2)C1. The number of amides is 2. The highest BCUT2D eigenvalue weighted by atomic mass is 35.5. The van der Waals surface area contributed by atoms with E-state index in [9.17, 15) is 14.4 Å². The van der Waals surface area contributed by atoms with Gasteiger partial charge in [0.2, 0.25) is 0 Å². The van der Waals surface area contributed by atoms with Gasteiger partial charge < -0.3 is 14.7 Å². The zero-order chi connectivity index (χ0) is 24.5. The maximum Gasteiger partial charge on any atom is 0.411 e. The summed E-state index contributed by atoms with van der Waals surface area (Å²) >= 11 is 6.32. The Morgan fingerprint density at radius 1 is 0.971 bits per heavy atom. The number of fused-ring (bicyclic) bond motifs is 3. The van der Waals surface area contributed by atoms with E-state index in [1.165, 1.54) is 6.07 Å². The Morgan fingerprint density at radius 2 is 1.60 bits per heavy atom. The van der Waals surface area contributed by atoms with Crippen LogP contribution in [0.1, 0.15) is 33.8 Å². The zero-order valence-electron chi connectivity index (χ0n) is 18.7. The minimum Gasteiger partial charge on any atom is -0.481 e. The van der Waals surface area contributed by atoms with Crippen LogP contribution < -0.4 is 5.32 Å². The second-order valence-corrected chi connectivity index (χ2v) is 9.23. The summed E-state index contributed by atoms with van der Waals surface area (Å²) in [5.74, 6) is -1.17. The molecule has 1 saturated heterocycles. The molecule has 5 rings (SSSR count).